The first-order valence-corrected chi connectivity index (χ1v) is 19.7. The number of ketones is 2. The minimum Gasteiger partial charge on any atom is -0.494 e. The molecule has 264 valence electrons. The van der Waals surface area contributed by atoms with Crippen LogP contribution in [0.5, 0.6) is 11.5 Å². The van der Waals surface area contributed by atoms with Crippen molar-refractivity contribution in [3.8, 4) is 11.5 Å². The highest BCUT2D eigenvalue weighted by Gasteiger charge is 2.14. The van der Waals surface area contributed by atoms with E-state index in [0.717, 1.165) is 24.3 Å². The van der Waals surface area contributed by atoms with E-state index >= 15 is 0 Å². The third kappa shape index (κ3) is 21.1. The van der Waals surface area contributed by atoms with E-state index in [1.165, 1.54) is 141 Å². The Kier molecular flexibility index (Phi) is 24.5. The lowest BCUT2D eigenvalue weighted by atomic mass is 10.0. The molecule has 0 saturated carbocycles. The first kappa shape index (κ1) is 40.6. The van der Waals surface area contributed by atoms with Gasteiger partial charge in [-0.25, -0.2) is 0 Å². The van der Waals surface area contributed by atoms with Crippen molar-refractivity contribution in [3.63, 3.8) is 0 Å². The van der Waals surface area contributed by atoms with Crippen molar-refractivity contribution in [3.05, 3.63) is 59.7 Å². The third-order valence-electron chi connectivity index (χ3n) is 9.21. The fourth-order valence-corrected chi connectivity index (χ4v) is 6.09. The lowest BCUT2D eigenvalue weighted by molar-refractivity contribution is 0.0894. The maximum absolute atomic E-state index is 12.8. The Morgan fingerprint density at radius 3 is 0.915 bits per heavy atom. The summed E-state index contributed by atoms with van der Waals surface area (Å²) in [7, 11) is 0. The van der Waals surface area contributed by atoms with Crippen LogP contribution < -0.4 is 9.47 Å². The molecule has 0 fully saturated rings. The van der Waals surface area contributed by atoms with Crippen molar-refractivity contribution in [2.24, 2.45) is 0 Å². The number of carbonyl (C=O) groups excluding carboxylic acids is 2. The van der Waals surface area contributed by atoms with Crippen LogP contribution >= 0.6 is 0 Å². The Labute approximate surface area is 288 Å². The van der Waals surface area contributed by atoms with Gasteiger partial charge in [-0.1, -0.05) is 155 Å². The van der Waals surface area contributed by atoms with Gasteiger partial charge in [0.2, 0.25) is 0 Å². The zero-order valence-corrected chi connectivity index (χ0v) is 30.3. The highest BCUT2D eigenvalue weighted by molar-refractivity contribution is 6.13. The molecule has 0 unspecified atom stereocenters. The second-order valence-electron chi connectivity index (χ2n) is 13.5. The zero-order chi connectivity index (χ0) is 33.6. The van der Waals surface area contributed by atoms with Crippen LogP contribution in [0.4, 0.5) is 0 Å². The van der Waals surface area contributed by atoms with Crippen molar-refractivity contribution in [2.75, 3.05) is 13.2 Å². The Hall–Kier alpha value is -2.62. The minimum atomic E-state index is -0.172. The Morgan fingerprint density at radius 1 is 0.383 bits per heavy atom. The van der Waals surface area contributed by atoms with Gasteiger partial charge in [0.25, 0.3) is 0 Å². The smallest absolute Gasteiger partial charge is 0.170 e. The van der Waals surface area contributed by atoms with Crippen LogP contribution in [0.15, 0.2) is 48.5 Å². The van der Waals surface area contributed by atoms with Gasteiger partial charge in [0.15, 0.2) is 11.6 Å². The van der Waals surface area contributed by atoms with Crippen molar-refractivity contribution in [2.45, 2.75) is 174 Å². The number of carbonyl (C=O) groups is 2. The molecular formula is C43H68O4. The molecule has 0 spiro atoms. The van der Waals surface area contributed by atoms with Gasteiger partial charge in [-0.05, 0) is 61.4 Å². The van der Waals surface area contributed by atoms with Crippen LogP contribution in [0.25, 0.3) is 0 Å². The summed E-state index contributed by atoms with van der Waals surface area (Å²) in [5.74, 6) is 1.20. The van der Waals surface area contributed by atoms with Gasteiger partial charge < -0.3 is 9.47 Å². The fraction of sp³-hybridized carbons (Fsp3) is 0.674. The lowest BCUT2D eigenvalue weighted by Gasteiger charge is -2.08. The first-order valence-electron chi connectivity index (χ1n) is 19.7. The van der Waals surface area contributed by atoms with E-state index in [4.69, 9.17) is 9.47 Å². The number of hydrogen-bond acceptors (Lipinski definition) is 4. The van der Waals surface area contributed by atoms with Crippen LogP contribution in [0.3, 0.4) is 0 Å². The van der Waals surface area contributed by atoms with E-state index in [-0.39, 0.29) is 18.0 Å². The van der Waals surface area contributed by atoms with Crippen LogP contribution in [0, 0.1) is 0 Å². The van der Waals surface area contributed by atoms with Crippen molar-refractivity contribution in [1.29, 1.82) is 0 Å². The molecule has 0 aliphatic heterocycles. The standard InChI is InChI=1S/C43H68O4/c1-3-5-7-9-11-13-15-16-17-18-20-22-24-26-36-47-41-33-29-39(30-34-41)43(45)37-42(44)38-27-31-40(32-28-38)46-35-25-23-21-19-14-12-10-8-6-4-2/h27-34H,3-26,35-37H2,1-2H3. The molecule has 0 aromatic heterocycles. The van der Waals surface area contributed by atoms with Gasteiger partial charge in [0, 0.05) is 11.1 Å². The van der Waals surface area contributed by atoms with Crippen LogP contribution in [0.1, 0.15) is 195 Å². The van der Waals surface area contributed by atoms with Gasteiger partial charge >= 0.3 is 0 Å². The predicted octanol–water partition coefficient (Wildman–Crippen LogP) is 13.3. The number of unbranched alkanes of at least 4 members (excludes halogenated alkanes) is 22. The second-order valence-corrected chi connectivity index (χ2v) is 13.5. The van der Waals surface area contributed by atoms with Gasteiger partial charge in [0.05, 0.1) is 19.6 Å². The summed E-state index contributed by atoms with van der Waals surface area (Å²) in [5, 5.41) is 0. The lowest BCUT2D eigenvalue weighted by Crippen LogP contribution is -2.09. The van der Waals surface area contributed by atoms with Gasteiger partial charge in [-0.3, -0.25) is 9.59 Å². The van der Waals surface area contributed by atoms with Crippen molar-refractivity contribution < 1.29 is 19.1 Å². The summed E-state index contributed by atoms with van der Waals surface area (Å²) >= 11 is 0. The summed E-state index contributed by atoms with van der Waals surface area (Å²) in [6.45, 7) is 5.93. The number of hydrogen-bond donors (Lipinski definition) is 0. The fourth-order valence-electron chi connectivity index (χ4n) is 6.09. The molecule has 0 aliphatic rings. The van der Waals surface area contributed by atoms with Crippen LogP contribution in [0.2, 0.25) is 0 Å². The van der Waals surface area contributed by atoms with E-state index < -0.39 is 0 Å². The monoisotopic (exact) mass is 649 g/mol. The van der Waals surface area contributed by atoms with Crippen LogP contribution in [-0.2, 0) is 0 Å². The molecule has 2 aromatic carbocycles. The predicted molar refractivity (Wildman–Crippen MR) is 199 cm³/mol. The molecule has 0 bridgehead atoms. The van der Waals surface area contributed by atoms with Gasteiger partial charge in [-0.15, -0.1) is 0 Å². The molecule has 0 saturated heterocycles. The number of rotatable bonds is 32. The molecule has 0 amide bonds. The number of ether oxygens (including phenoxy) is 2. The Morgan fingerprint density at radius 2 is 0.638 bits per heavy atom. The minimum absolute atomic E-state index is 0.141. The number of benzene rings is 2. The van der Waals surface area contributed by atoms with Gasteiger partial charge in [-0.2, -0.15) is 0 Å². The Balaban J connectivity index is 1.50. The quantitative estimate of drug-likeness (QED) is 0.0450. The van der Waals surface area contributed by atoms with E-state index in [9.17, 15) is 9.59 Å². The van der Waals surface area contributed by atoms with Crippen molar-refractivity contribution in [1.82, 2.24) is 0 Å². The average molecular weight is 649 g/mol. The summed E-state index contributed by atoms with van der Waals surface area (Å²) in [4.78, 5) is 25.5. The molecule has 2 aromatic rings. The van der Waals surface area contributed by atoms with E-state index in [1.807, 2.05) is 24.3 Å². The molecule has 0 aliphatic carbocycles. The molecule has 2 rings (SSSR count). The summed E-state index contributed by atoms with van der Waals surface area (Å²) in [6, 6.07) is 14.4. The van der Waals surface area contributed by atoms with E-state index in [1.54, 1.807) is 24.3 Å². The maximum atomic E-state index is 12.8. The molecule has 0 atom stereocenters. The highest BCUT2D eigenvalue weighted by Crippen LogP contribution is 2.19. The first-order chi connectivity index (χ1) is 23.1. The number of Topliss-reactive ketones (excluding diaryl/α,β-unsaturated/α-hetero) is 2. The van der Waals surface area contributed by atoms with Gasteiger partial charge in [0.1, 0.15) is 11.5 Å². The molecule has 47 heavy (non-hydrogen) atoms. The third-order valence-corrected chi connectivity index (χ3v) is 9.21. The summed E-state index contributed by atoms with van der Waals surface area (Å²) in [6.07, 6.45) is 31.6. The van der Waals surface area contributed by atoms with E-state index in [2.05, 4.69) is 13.8 Å². The van der Waals surface area contributed by atoms with Crippen molar-refractivity contribution >= 4 is 11.6 Å². The molecule has 0 N–H and O–H groups in total. The molecule has 4 nitrogen and oxygen atoms in total. The van der Waals surface area contributed by atoms with E-state index in [0.29, 0.717) is 24.3 Å². The Bertz CT molecular complexity index is 1030. The largest absolute Gasteiger partial charge is 0.494 e. The normalized spacial score (nSPS) is 11.1. The molecule has 4 heteroatoms. The highest BCUT2D eigenvalue weighted by atomic mass is 16.5. The zero-order valence-electron chi connectivity index (χ0n) is 30.3. The summed E-state index contributed by atoms with van der Waals surface area (Å²) < 4.78 is 11.8. The second kappa shape index (κ2) is 28.4. The average Bonchev–Trinajstić information content (AvgIpc) is 3.09. The summed E-state index contributed by atoms with van der Waals surface area (Å²) in [5.41, 5.74) is 1.08. The SMILES string of the molecule is CCCCCCCCCCCCCCCCOc1ccc(C(=O)CC(=O)c2ccc(OCCCCCCCCCCCC)cc2)cc1. The molecular weight excluding hydrogens is 580 g/mol. The topological polar surface area (TPSA) is 52.6 Å². The molecule has 0 heterocycles. The van der Waals surface area contributed by atoms with Crippen LogP contribution in [-0.4, -0.2) is 24.8 Å². The maximum Gasteiger partial charge on any atom is 0.170 e. The molecule has 0 radical (unpaired) electrons.